The smallest absolute Gasteiger partial charge is 0.430 e. The largest absolute Gasteiger partial charge is 0.460 e. The van der Waals surface area contributed by atoms with E-state index in [2.05, 4.69) is 108 Å². The molecule has 6 aromatic rings. The van der Waals surface area contributed by atoms with Crippen LogP contribution in [0.2, 0.25) is 0 Å². The summed E-state index contributed by atoms with van der Waals surface area (Å²) < 4.78 is 26.9. The van der Waals surface area contributed by atoms with Crippen LogP contribution in [0, 0.1) is 0 Å². The standard InChI is InChI=1S/C35H20N2O3.2Al/c1-4-12-27(13-5-1)37(28-14-10-19-32(24-28)38-30-15-6-2-7-16-30)29-22-23-35(36-26-29)40-34-21-11-20-33(25-34)39-31-17-8-3-9-18-31;;/h1-15,17,19-22H;;. The van der Waals surface area contributed by atoms with Gasteiger partial charge in [-0.3, -0.25) is 0 Å². The highest BCUT2D eigenvalue weighted by Gasteiger charge is 2.48. The first kappa shape index (κ1) is 23.1. The first-order valence-corrected chi connectivity index (χ1v) is 17.7. The minimum absolute atomic E-state index is 0.734. The molecule has 0 atom stereocenters. The molecular weight excluding hydrogens is 550 g/mol. The second kappa shape index (κ2) is 8.52. The van der Waals surface area contributed by atoms with Crippen molar-refractivity contribution in [2.45, 2.75) is 0 Å². The molecule has 0 aliphatic carbocycles. The zero-order valence-corrected chi connectivity index (χ0v) is 24.6. The summed E-state index contributed by atoms with van der Waals surface area (Å²) >= 11 is -3.96. The van der Waals surface area contributed by atoms with E-state index in [-0.39, 0.29) is 0 Å². The number of para-hydroxylation sites is 3. The van der Waals surface area contributed by atoms with Gasteiger partial charge in [-0.05, 0) is 67.9 Å². The lowest BCUT2D eigenvalue weighted by Crippen LogP contribution is -2.63. The minimum atomic E-state index is -2.01. The van der Waals surface area contributed by atoms with Crippen LogP contribution in [-0.4, -0.2) is 33.3 Å². The van der Waals surface area contributed by atoms with Crippen molar-refractivity contribution in [1.29, 1.82) is 0 Å². The van der Waals surface area contributed by atoms with Gasteiger partial charge >= 0.3 is 28.3 Å². The highest BCUT2D eigenvalue weighted by molar-refractivity contribution is 7.00. The molecule has 0 saturated carbocycles. The molecule has 194 valence electrons. The number of hydrogen-bond donors (Lipinski definition) is 0. The number of nitrogens with zero attached hydrogens (tertiary/aromatic N) is 2. The monoisotopic (exact) mass is 570 g/mol. The van der Waals surface area contributed by atoms with E-state index in [9.17, 15) is 0 Å². The van der Waals surface area contributed by atoms with Crippen molar-refractivity contribution in [2.75, 3.05) is 4.90 Å². The molecule has 5 aromatic carbocycles. The number of anilines is 3. The summed E-state index contributed by atoms with van der Waals surface area (Å²) in [5, 5.41) is 0. The van der Waals surface area contributed by atoms with Gasteiger partial charge in [0.25, 0.3) is 0 Å². The fraction of sp³-hybridized carbons (Fsp3) is 0. The van der Waals surface area contributed by atoms with Crippen LogP contribution in [0.5, 0.6) is 34.6 Å². The summed E-state index contributed by atoms with van der Waals surface area (Å²) in [6.45, 7) is 0. The molecule has 4 aliphatic heterocycles. The summed E-state index contributed by atoms with van der Waals surface area (Å²) in [4.78, 5) is 7.89. The number of ether oxygens (including phenoxy) is 3. The van der Waals surface area contributed by atoms with Gasteiger partial charge < -0.3 is 19.1 Å². The summed E-state index contributed by atoms with van der Waals surface area (Å²) in [5.41, 5.74) is 3.41. The topological polar surface area (TPSA) is 43.8 Å². The molecule has 0 bridgehead atoms. The molecule has 42 heavy (non-hydrogen) atoms. The Morgan fingerprint density at radius 3 is 1.83 bits per heavy atom. The van der Waals surface area contributed by atoms with Gasteiger partial charge in [0.05, 0.1) is 5.69 Å². The van der Waals surface area contributed by atoms with E-state index < -0.39 is 28.3 Å². The maximum Gasteiger partial charge on any atom is 0.430 e. The molecule has 5 heterocycles. The molecule has 0 unspecified atom stereocenters. The fourth-order valence-electron chi connectivity index (χ4n) is 7.16. The van der Waals surface area contributed by atoms with E-state index in [0.717, 1.165) is 50.6 Å². The lowest BCUT2D eigenvalue weighted by molar-refractivity contribution is 0.454. The zero-order chi connectivity index (χ0) is 27.4. The number of pyridine rings is 1. The molecule has 0 amide bonds. The van der Waals surface area contributed by atoms with Crippen molar-refractivity contribution < 1.29 is 14.2 Å². The summed E-state index contributed by atoms with van der Waals surface area (Å²) in [6.07, 6.45) is 0. The van der Waals surface area contributed by atoms with Gasteiger partial charge in [-0.25, -0.2) is 4.98 Å². The van der Waals surface area contributed by atoms with E-state index in [1.54, 1.807) is 0 Å². The molecule has 4 aliphatic rings. The van der Waals surface area contributed by atoms with Gasteiger partial charge in [0, 0.05) is 15.9 Å². The summed E-state index contributed by atoms with van der Waals surface area (Å²) in [6, 6.07) is 42.5. The lowest BCUT2D eigenvalue weighted by Gasteiger charge is -2.40. The van der Waals surface area contributed by atoms with E-state index in [1.165, 1.54) is 27.8 Å². The highest BCUT2D eigenvalue weighted by atomic mass is 27.2. The number of rotatable bonds is 1. The molecule has 0 fully saturated rings. The van der Waals surface area contributed by atoms with Crippen LogP contribution in [0.1, 0.15) is 0 Å². The Labute approximate surface area is 251 Å². The lowest BCUT2D eigenvalue weighted by atomic mass is 10.2. The maximum atomic E-state index is 6.68. The molecular formula is C35H20Al2N2O3. The van der Waals surface area contributed by atoms with Gasteiger partial charge in [0.2, 0.25) is 5.88 Å². The van der Waals surface area contributed by atoms with Crippen molar-refractivity contribution in [3.05, 3.63) is 121 Å². The van der Waals surface area contributed by atoms with Gasteiger partial charge in [0.15, 0.2) is 0 Å². The van der Waals surface area contributed by atoms with Gasteiger partial charge in [0.1, 0.15) is 28.7 Å². The SMILES string of the molecule is c1ccc(N2c3c[c]4c(n[c]3[Al]3[c]5ccccc5Oc5cccc2[c]53)Oc2cccc3[c]2[Al]4[c]2ccccc2O3)cc1. The first-order chi connectivity index (χ1) is 20.8. The summed E-state index contributed by atoms with van der Waals surface area (Å²) in [5.74, 6) is 5.29. The quantitative estimate of drug-likeness (QED) is 0.277. The van der Waals surface area contributed by atoms with E-state index >= 15 is 0 Å². The normalized spacial score (nSPS) is 14.1. The first-order valence-electron chi connectivity index (χ1n) is 14.2. The van der Waals surface area contributed by atoms with Crippen molar-refractivity contribution >= 4 is 72.0 Å². The average Bonchev–Trinajstić information content (AvgIpc) is 3.04. The highest BCUT2D eigenvalue weighted by Crippen LogP contribution is 2.41. The van der Waals surface area contributed by atoms with Gasteiger partial charge in [-0.1, -0.05) is 75.6 Å². The molecule has 7 heteroatoms. The van der Waals surface area contributed by atoms with E-state index in [4.69, 9.17) is 19.2 Å². The van der Waals surface area contributed by atoms with Crippen LogP contribution in [0.3, 0.4) is 0 Å². The third kappa shape index (κ3) is 3.06. The molecule has 0 N–H and O–H groups in total. The number of aromatic nitrogens is 1. The molecule has 0 saturated heterocycles. The molecule has 5 nitrogen and oxygen atoms in total. The Kier molecular flexibility index (Phi) is 4.69. The number of benzene rings is 5. The average molecular weight is 571 g/mol. The Morgan fingerprint density at radius 2 is 1.07 bits per heavy atom. The minimum Gasteiger partial charge on any atom is -0.460 e. The van der Waals surface area contributed by atoms with Crippen molar-refractivity contribution in [3.8, 4) is 34.6 Å². The molecule has 1 aromatic heterocycles. The van der Waals surface area contributed by atoms with Crippen molar-refractivity contribution in [3.63, 3.8) is 0 Å². The predicted octanol–water partition coefficient (Wildman–Crippen LogP) is 4.21. The zero-order valence-electron chi connectivity index (χ0n) is 22.3. The molecule has 0 spiro atoms. The van der Waals surface area contributed by atoms with Gasteiger partial charge in [-0.2, -0.15) is 0 Å². The maximum absolute atomic E-state index is 6.68. The summed E-state index contributed by atoms with van der Waals surface area (Å²) in [7, 11) is 0. The van der Waals surface area contributed by atoms with Crippen LogP contribution in [0.4, 0.5) is 17.1 Å². The third-order valence-corrected chi connectivity index (χ3v) is 15.4. The van der Waals surface area contributed by atoms with Crippen molar-refractivity contribution in [2.24, 2.45) is 0 Å². The predicted molar refractivity (Wildman–Crippen MR) is 168 cm³/mol. The van der Waals surface area contributed by atoms with Crippen LogP contribution in [0.15, 0.2) is 121 Å². The second-order valence-corrected chi connectivity index (χ2v) is 16.4. The number of hydrogen-bond acceptors (Lipinski definition) is 5. The van der Waals surface area contributed by atoms with Crippen LogP contribution < -0.4 is 45.8 Å². The van der Waals surface area contributed by atoms with Crippen molar-refractivity contribution in [1.82, 2.24) is 4.98 Å². The molecule has 10 rings (SSSR count). The Bertz CT molecular complexity index is 2120. The molecule has 0 radical (unpaired) electrons. The van der Waals surface area contributed by atoms with Crippen LogP contribution in [0.25, 0.3) is 0 Å². The van der Waals surface area contributed by atoms with Gasteiger partial charge in [-0.15, -0.1) is 0 Å². The van der Waals surface area contributed by atoms with Crippen LogP contribution >= 0.6 is 0 Å². The Balaban J connectivity index is 1.29. The second-order valence-electron chi connectivity index (χ2n) is 11.1. The Morgan fingerprint density at radius 1 is 0.476 bits per heavy atom. The number of fused-ring (bicyclic) bond motifs is 8. The van der Waals surface area contributed by atoms with Crippen LogP contribution in [-0.2, 0) is 0 Å². The van der Waals surface area contributed by atoms with E-state index in [1.807, 2.05) is 18.2 Å². The Hall–Kier alpha value is -4.49. The van der Waals surface area contributed by atoms with E-state index in [0.29, 0.717) is 0 Å². The third-order valence-electron chi connectivity index (χ3n) is 8.86. The fourth-order valence-corrected chi connectivity index (χ4v) is 13.8.